The Hall–Kier alpha value is -3.39. The van der Waals surface area contributed by atoms with E-state index in [2.05, 4.69) is 15.0 Å². The molecular formula is C21H19N5O2S. The third-order valence-corrected chi connectivity index (χ3v) is 5.41. The number of carbonyl (C=O) groups is 1. The molecule has 0 fully saturated rings. The molecule has 0 aliphatic heterocycles. The molecular weight excluding hydrogens is 386 g/mol. The Labute approximate surface area is 171 Å². The zero-order valence-electron chi connectivity index (χ0n) is 15.6. The molecule has 0 saturated heterocycles. The maximum atomic E-state index is 13.0. The van der Waals surface area contributed by atoms with Gasteiger partial charge in [0, 0.05) is 50.8 Å². The van der Waals surface area contributed by atoms with Gasteiger partial charge in [-0.05, 0) is 40.8 Å². The van der Waals surface area contributed by atoms with Gasteiger partial charge in [0.15, 0.2) is 0 Å². The molecule has 4 aromatic rings. The largest absolute Gasteiger partial charge is 0.334 e. The number of aromatic nitrogens is 4. The van der Waals surface area contributed by atoms with Gasteiger partial charge in [0.25, 0.3) is 5.56 Å². The van der Waals surface area contributed by atoms with Crippen LogP contribution in [0.2, 0.25) is 0 Å². The van der Waals surface area contributed by atoms with Crippen LogP contribution < -0.4 is 5.56 Å². The van der Waals surface area contributed by atoms with E-state index in [0.29, 0.717) is 23.3 Å². The second kappa shape index (κ2) is 8.74. The van der Waals surface area contributed by atoms with Gasteiger partial charge in [-0.2, -0.15) is 0 Å². The van der Waals surface area contributed by atoms with Gasteiger partial charge >= 0.3 is 0 Å². The molecule has 4 heterocycles. The van der Waals surface area contributed by atoms with Crippen molar-refractivity contribution in [2.24, 2.45) is 0 Å². The fourth-order valence-electron chi connectivity index (χ4n) is 3.08. The van der Waals surface area contributed by atoms with Gasteiger partial charge in [-0.15, -0.1) is 11.3 Å². The Balaban J connectivity index is 1.50. The molecule has 1 amide bonds. The smallest absolute Gasteiger partial charge is 0.262 e. The van der Waals surface area contributed by atoms with Crippen molar-refractivity contribution in [2.75, 3.05) is 0 Å². The van der Waals surface area contributed by atoms with E-state index in [-0.39, 0.29) is 24.4 Å². The molecule has 0 atom stereocenters. The quantitative estimate of drug-likeness (QED) is 0.472. The molecule has 0 radical (unpaired) electrons. The zero-order valence-corrected chi connectivity index (χ0v) is 16.5. The monoisotopic (exact) mass is 405 g/mol. The first-order valence-electron chi connectivity index (χ1n) is 9.19. The number of amides is 1. The first-order valence-corrected chi connectivity index (χ1v) is 10.1. The van der Waals surface area contributed by atoms with Crippen LogP contribution >= 0.6 is 11.3 Å². The van der Waals surface area contributed by atoms with Crippen LogP contribution in [0.1, 0.15) is 17.5 Å². The van der Waals surface area contributed by atoms with Crippen LogP contribution in [0.15, 0.2) is 71.6 Å². The standard InChI is InChI=1S/C21H19N5O2S/c27-19(5-10-25-15-24-20-18(21(25)28)6-11-29-20)26(13-16-3-8-22-9-4-16)14-17-2-1-7-23-12-17/h1-4,6-9,11-12,15H,5,10,13-14H2. The number of aryl methyl sites for hydroxylation is 1. The number of carbonyl (C=O) groups excluding carboxylic acids is 1. The summed E-state index contributed by atoms with van der Waals surface area (Å²) in [5.41, 5.74) is 1.83. The Morgan fingerprint density at radius 1 is 1.03 bits per heavy atom. The van der Waals surface area contributed by atoms with Gasteiger partial charge in [0.1, 0.15) is 4.83 Å². The summed E-state index contributed by atoms with van der Waals surface area (Å²) in [4.78, 5) is 40.5. The predicted molar refractivity (Wildman–Crippen MR) is 111 cm³/mol. The van der Waals surface area contributed by atoms with Crippen molar-refractivity contribution in [1.82, 2.24) is 24.4 Å². The summed E-state index contributed by atoms with van der Waals surface area (Å²) in [5.74, 6) is -0.0389. The fraction of sp³-hybridized carbons (Fsp3) is 0.190. The van der Waals surface area contributed by atoms with Crippen molar-refractivity contribution in [3.63, 3.8) is 0 Å². The Morgan fingerprint density at radius 3 is 2.66 bits per heavy atom. The van der Waals surface area contributed by atoms with Crippen molar-refractivity contribution in [1.29, 1.82) is 0 Å². The van der Waals surface area contributed by atoms with Gasteiger partial charge in [-0.3, -0.25) is 24.1 Å². The molecule has 0 saturated carbocycles. The van der Waals surface area contributed by atoms with E-state index in [9.17, 15) is 9.59 Å². The fourth-order valence-corrected chi connectivity index (χ4v) is 3.80. The normalized spacial score (nSPS) is 10.9. The second-order valence-corrected chi connectivity index (χ2v) is 7.49. The maximum Gasteiger partial charge on any atom is 0.262 e. The number of pyridine rings is 2. The molecule has 0 aromatic carbocycles. The van der Waals surface area contributed by atoms with Crippen LogP contribution in [0, 0.1) is 0 Å². The Morgan fingerprint density at radius 2 is 1.86 bits per heavy atom. The van der Waals surface area contributed by atoms with Crippen LogP contribution in [0.5, 0.6) is 0 Å². The molecule has 29 heavy (non-hydrogen) atoms. The Bertz CT molecular complexity index is 1120. The lowest BCUT2D eigenvalue weighted by molar-refractivity contribution is -0.132. The van der Waals surface area contributed by atoms with Crippen LogP contribution in [0.4, 0.5) is 0 Å². The molecule has 146 valence electrons. The van der Waals surface area contributed by atoms with E-state index in [1.54, 1.807) is 35.8 Å². The topological polar surface area (TPSA) is 81.0 Å². The van der Waals surface area contributed by atoms with Crippen molar-refractivity contribution >= 4 is 27.5 Å². The molecule has 4 rings (SSSR count). The summed E-state index contributed by atoms with van der Waals surface area (Å²) < 4.78 is 1.50. The minimum atomic E-state index is -0.114. The lowest BCUT2D eigenvalue weighted by Gasteiger charge is -2.23. The SMILES string of the molecule is O=C(CCn1cnc2sccc2c1=O)N(Cc1ccncc1)Cc1cccnc1. The molecule has 0 N–H and O–H groups in total. The second-order valence-electron chi connectivity index (χ2n) is 6.60. The molecule has 0 aliphatic rings. The van der Waals surface area contributed by atoms with Gasteiger partial charge in [-0.1, -0.05) is 6.07 Å². The van der Waals surface area contributed by atoms with E-state index in [0.717, 1.165) is 11.1 Å². The molecule has 7 nitrogen and oxygen atoms in total. The third-order valence-electron chi connectivity index (χ3n) is 4.59. The average molecular weight is 405 g/mol. The lowest BCUT2D eigenvalue weighted by atomic mass is 10.2. The van der Waals surface area contributed by atoms with Crippen molar-refractivity contribution in [3.05, 3.63) is 88.3 Å². The predicted octanol–water partition coefficient (Wildman–Crippen LogP) is 2.87. The Kier molecular flexibility index (Phi) is 5.71. The number of fused-ring (bicyclic) bond motifs is 1. The summed E-state index contributed by atoms with van der Waals surface area (Å²) in [6.07, 6.45) is 8.61. The summed E-state index contributed by atoms with van der Waals surface area (Å²) in [5, 5.41) is 2.44. The zero-order chi connectivity index (χ0) is 20.1. The first-order chi connectivity index (χ1) is 14.2. The van der Waals surface area contributed by atoms with Gasteiger partial charge < -0.3 is 4.90 Å². The van der Waals surface area contributed by atoms with E-state index in [1.807, 2.05) is 29.6 Å². The van der Waals surface area contributed by atoms with E-state index >= 15 is 0 Å². The highest BCUT2D eigenvalue weighted by molar-refractivity contribution is 7.16. The molecule has 0 spiro atoms. The van der Waals surface area contributed by atoms with Crippen LogP contribution in [0.3, 0.4) is 0 Å². The van der Waals surface area contributed by atoms with Gasteiger partial charge in [0.05, 0.1) is 11.7 Å². The summed E-state index contributed by atoms with van der Waals surface area (Å²) in [6, 6.07) is 9.35. The molecule has 0 unspecified atom stereocenters. The first kappa shape index (κ1) is 18.9. The summed E-state index contributed by atoms with van der Waals surface area (Å²) >= 11 is 1.43. The third kappa shape index (κ3) is 4.55. The van der Waals surface area contributed by atoms with Crippen LogP contribution in [-0.4, -0.2) is 30.3 Å². The van der Waals surface area contributed by atoms with Crippen LogP contribution in [0.25, 0.3) is 10.2 Å². The highest BCUT2D eigenvalue weighted by Gasteiger charge is 2.16. The highest BCUT2D eigenvalue weighted by atomic mass is 32.1. The number of rotatable bonds is 7. The van der Waals surface area contributed by atoms with E-state index < -0.39 is 0 Å². The lowest BCUT2D eigenvalue weighted by Crippen LogP contribution is -2.32. The molecule has 0 aliphatic carbocycles. The van der Waals surface area contributed by atoms with Gasteiger partial charge in [-0.25, -0.2) is 4.98 Å². The van der Waals surface area contributed by atoms with E-state index in [1.165, 1.54) is 22.2 Å². The molecule has 4 aromatic heterocycles. The van der Waals surface area contributed by atoms with Gasteiger partial charge in [0.2, 0.25) is 5.91 Å². The van der Waals surface area contributed by atoms with Crippen molar-refractivity contribution < 1.29 is 4.79 Å². The number of nitrogens with zero attached hydrogens (tertiary/aromatic N) is 5. The minimum absolute atomic E-state index is 0.0389. The minimum Gasteiger partial charge on any atom is -0.334 e. The molecule has 0 bridgehead atoms. The summed E-state index contributed by atoms with van der Waals surface area (Å²) in [7, 11) is 0. The summed E-state index contributed by atoms with van der Waals surface area (Å²) in [6.45, 7) is 1.20. The van der Waals surface area contributed by atoms with Crippen molar-refractivity contribution in [2.45, 2.75) is 26.1 Å². The van der Waals surface area contributed by atoms with Crippen molar-refractivity contribution in [3.8, 4) is 0 Å². The highest BCUT2D eigenvalue weighted by Crippen LogP contribution is 2.14. The maximum absolute atomic E-state index is 13.0. The van der Waals surface area contributed by atoms with Crippen LogP contribution in [-0.2, 0) is 24.4 Å². The average Bonchev–Trinajstić information content (AvgIpc) is 3.24. The number of thiophene rings is 1. The molecule has 8 heteroatoms. The number of hydrogen-bond donors (Lipinski definition) is 0. The number of hydrogen-bond acceptors (Lipinski definition) is 6. The van der Waals surface area contributed by atoms with E-state index in [4.69, 9.17) is 0 Å².